The second-order valence-corrected chi connectivity index (χ2v) is 5.73. The fraction of sp³-hybridized carbons (Fsp3) is 0.429. The van der Waals surface area contributed by atoms with Gasteiger partial charge in [-0.3, -0.25) is 4.79 Å². The monoisotopic (exact) mass is 290 g/mol. The Morgan fingerprint density at radius 3 is 2.75 bits per heavy atom. The second-order valence-electron chi connectivity index (χ2n) is 5.01. The van der Waals surface area contributed by atoms with Gasteiger partial charge >= 0.3 is 0 Å². The van der Waals surface area contributed by atoms with Crippen LogP contribution in [0.25, 0.3) is 0 Å². The van der Waals surface area contributed by atoms with Crippen LogP contribution < -0.4 is 0 Å². The minimum atomic E-state index is -0.0679. The summed E-state index contributed by atoms with van der Waals surface area (Å²) in [5.74, 6) is 0.803. The van der Waals surface area contributed by atoms with Gasteiger partial charge < -0.3 is 4.90 Å². The lowest BCUT2D eigenvalue weighted by molar-refractivity contribution is 0.0781. The second kappa shape index (κ2) is 6.09. The van der Waals surface area contributed by atoms with Gasteiger partial charge in [-0.15, -0.1) is 11.3 Å². The quantitative estimate of drug-likeness (QED) is 0.868. The van der Waals surface area contributed by atoms with Gasteiger partial charge in [0.15, 0.2) is 0 Å². The van der Waals surface area contributed by atoms with E-state index in [9.17, 15) is 4.79 Å². The van der Waals surface area contributed by atoms with E-state index in [2.05, 4.69) is 15.0 Å². The molecule has 0 unspecified atom stereocenters. The van der Waals surface area contributed by atoms with Crippen molar-refractivity contribution in [1.82, 2.24) is 19.9 Å². The van der Waals surface area contributed by atoms with Crippen LogP contribution in [0, 0.1) is 6.92 Å². The molecule has 0 saturated carbocycles. The summed E-state index contributed by atoms with van der Waals surface area (Å²) in [6.45, 7) is 6.38. The Kier molecular flexibility index (Phi) is 4.44. The Hall–Kier alpha value is -1.82. The Morgan fingerprint density at radius 2 is 2.15 bits per heavy atom. The minimum absolute atomic E-state index is 0.0679. The molecule has 0 aliphatic carbocycles. The summed E-state index contributed by atoms with van der Waals surface area (Å²) in [4.78, 5) is 26.9. The number of carbonyl (C=O) groups is 1. The molecule has 0 bridgehead atoms. The zero-order valence-corrected chi connectivity index (χ0v) is 12.9. The molecule has 1 amide bonds. The summed E-state index contributed by atoms with van der Waals surface area (Å²) in [6, 6.07) is 0. The third-order valence-corrected chi connectivity index (χ3v) is 3.58. The molecule has 5 nitrogen and oxygen atoms in total. The number of nitrogens with zero attached hydrogens (tertiary/aromatic N) is 4. The van der Waals surface area contributed by atoms with Crippen LogP contribution in [0.5, 0.6) is 0 Å². The molecule has 0 saturated heterocycles. The van der Waals surface area contributed by atoms with E-state index < -0.39 is 0 Å². The molecule has 6 heteroatoms. The number of thiazole rings is 1. The normalized spacial score (nSPS) is 10.8. The van der Waals surface area contributed by atoms with Crippen molar-refractivity contribution in [3.63, 3.8) is 0 Å². The highest BCUT2D eigenvalue weighted by atomic mass is 32.1. The first kappa shape index (κ1) is 14.6. The smallest absolute Gasteiger partial charge is 0.257 e. The fourth-order valence-electron chi connectivity index (χ4n) is 1.93. The van der Waals surface area contributed by atoms with Crippen molar-refractivity contribution < 1.29 is 4.79 Å². The van der Waals surface area contributed by atoms with Crippen LogP contribution in [0.3, 0.4) is 0 Å². The number of amides is 1. The largest absolute Gasteiger partial charge is 0.336 e. The fourth-order valence-corrected chi connectivity index (χ4v) is 2.48. The zero-order valence-electron chi connectivity index (χ0n) is 12.1. The van der Waals surface area contributed by atoms with Gasteiger partial charge in [0.2, 0.25) is 0 Å². The Morgan fingerprint density at radius 1 is 1.40 bits per heavy atom. The molecule has 20 heavy (non-hydrogen) atoms. The van der Waals surface area contributed by atoms with E-state index in [1.807, 2.05) is 26.2 Å². The summed E-state index contributed by atoms with van der Waals surface area (Å²) in [5.41, 5.74) is 4.03. The first-order chi connectivity index (χ1) is 9.49. The third-order valence-electron chi connectivity index (χ3n) is 2.95. The number of hydrogen-bond donors (Lipinski definition) is 0. The van der Waals surface area contributed by atoms with Crippen molar-refractivity contribution in [3.8, 4) is 0 Å². The van der Waals surface area contributed by atoms with Gasteiger partial charge in [0, 0.05) is 18.6 Å². The summed E-state index contributed by atoms with van der Waals surface area (Å²) >= 11 is 1.53. The minimum Gasteiger partial charge on any atom is -0.336 e. The average molecular weight is 290 g/mol. The van der Waals surface area contributed by atoms with Gasteiger partial charge in [-0.1, -0.05) is 13.8 Å². The lowest BCUT2D eigenvalue weighted by Crippen LogP contribution is -2.28. The SMILES string of the molecule is Cc1ncc(C(=O)N(C)Cc2cscn2)c(C(C)C)n1. The van der Waals surface area contributed by atoms with Crippen molar-refractivity contribution in [2.24, 2.45) is 0 Å². The molecule has 2 aromatic rings. The molecule has 0 fully saturated rings. The van der Waals surface area contributed by atoms with Crippen LogP contribution in [-0.4, -0.2) is 32.8 Å². The number of aryl methyl sites for hydroxylation is 1. The molecule has 0 atom stereocenters. The van der Waals surface area contributed by atoms with E-state index >= 15 is 0 Å². The van der Waals surface area contributed by atoms with E-state index in [1.54, 1.807) is 23.7 Å². The molecule has 0 spiro atoms. The van der Waals surface area contributed by atoms with Gasteiger partial charge in [0.25, 0.3) is 5.91 Å². The summed E-state index contributed by atoms with van der Waals surface area (Å²) < 4.78 is 0. The van der Waals surface area contributed by atoms with E-state index in [0.717, 1.165) is 11.4 Å². The predicted molar refractivity (Wildman–Crippen MR) is 78.8 cm³/mol. The van der Waals surface area contributed by atoms with Crippen LogP contribution >= 0.6 is 11.3 Å². The summed E-state index contributed by atoms with van der Waals surface area (Å²) in [5, 5.41) is 1.94. The van der Waals surface area contributed by atoms with Gasteiger partial charge in [-0.2, -0.15) is 0 Å². The van der Waals surface area contributed by atoms with Crippen LogP contribution in [0.2, 0.25) is 0 Å². The maximum absolute atomic E-state index is 12.5. The zero-order chi connectivity index (χ0) is 14.7. The van der Waals surface area contributed by atoms with E-state index in [-0.39, 0.29) is 11.8 Å². The molecule has 106 valence electrons. The van der Waals surface area contributed by atoms with Crippen LogP contribution in [0.4, 0.5) is 0 Å². The van der Waals surface area contributed by atoms with Gasteiger partial charge in [0.05, 0.1) is 29.0 Å². The predicted octanol–water partition coefficient (Wildman–Crippen LogP) is 2.64. The van der Waals surface area contributed by atoms with Crippen LogP contribution in [-0.2, 0) is 6.54 Å². The first-order valence-electron chi connectivity index (χ1n) is 6.45. The highest BCUT2D eigenvalue weighted by Gasteiger charge is 2.20. The van der Waals surface area contributed by atoms with E-state index in [4.69, 9.17) is 0 Å². The van der Waals surface area contributed by atoms with Crippen molar-refractivity contribution in [2.75, 3.05) is 7.05 Å². The number of hydrogen-bond acceptors (Lipinski definition) is 5. The number of carbonyl (C=O) groups excluding carboxylic acids is 1. The number of rotatable bonds is 4. The third kappa shape index (κ3) is 3.19. The summed E-state index contributed by atoms with van der Waals surface area (Å²) in [7, 11) is 1.77. The molecule has 2 rings (SSSR count). The van der Waals surface area contributed by atoms with E-state index in [1.165, 1.54) is 11.3 Å². The lowest BCUT2D eigenvalue weighted by atomic mass is 10.0. The Balaban J connectivity index is 2.24. The van der Waals surface area contributed by atoms with Crippen LogP contribution in [0.15, 0.2) is 17.1 Å². The van der Waals surface area contributed by atoms with Gasteiger partial charge in [0.1, 0.15) is 5.82 Å². The van der Waals surface area contributed by atoms with Gasteiger partial charge in [-0.25, -0.2) is 15.0 Å². The van der Waals surface area contributed by atoms with Crippen molar-refractivity contribution in [1.29, 1.82) is 0 Å². The van der Waals surface area contributed by atoms with Crippen molar-refractivity contribution in [2.45, 2.75) is 33.2 Å². The van der Waals surface area contributed by atoms with Crippen molar-refractivity contribution >= 4 is 17.2 Å². The highest BCUT2D eigenvalue weighted by molar-refractivity contribution is 7.07. The topological polar surface area (TPSA) is 59.0 Å². The number of aromatic nitrogens is 3. The molecular weight excluding hydrogens is 272 g/mol. The van der Waals surface area contributed by atoms with E-state index in [0.29, 0.717) is 17.9 Å². The standard InChI is InChI=1S/C14H18N4OS/c1-9(2)13-12(5-15-10(3)17-13)14(19)18(4)6-11-7-20-8-16-11/h5,7-9H,6H2,1-4H3. The molecule has 2 heterocycles. The van der Waals surface area contributed by atoms with Gasteiger partial charge in [-0.05, 0) is 12.8 Å². The molecule has 0 N–H and O–H groups in total. The maximum atomic E-state index is 12.5. The Bertz CT molecular complexity index is 595. The van der Waals surface area contributed by atoms with Crippen molar-refractivity contribution in [3.05, 3.63) is 39.9 Å². The molecule has 0 aliphatic rings. The maximum Gasteiger partial charge on any atom is 0.257 e. The molecule has 0 radical (unpaired) electrons. The highest BCUT2D eigenvalue weighted by Crippen LogP contribution is 2.18. The first-order valence-corrected chi connectivity index (χ1v) is 7.39. The Labute approximate surface area is 122 Å². The van der Waals surface area contributed by atoms with Crippen LogP contribution in [0.1, 0.15) is 47.3 Å². The summed E-state index contributed by atoms with van der Waals surface area (Å²) in [6.07, 6.45) is 1.62. The lowest BCUT2D eigenvalue weighted by Gasteiger charge is -2.18. The molecular formula is C14H18N4OS. The molecule has 0 aliphatic heterocycles. The average Bonchev–Trinajstić information content (AvgIpc) is 2.90. The molecule has 2 aromatic heterocycles. The molecule has 0 aromatic carbocycles.